The third-order valence-electron chi connectivity index (χ3n) is 4.91. The molecule has 1 aromatic carbocycles. The van der Waals surface area contributed by atoms with Gasteiger partial charge in [-0.2, -0.15) is 0 Å². The molecule has 2 unspecified atom stereocenters. The molecule has 0 bridgehead atoms. The summed E-state index contributed by atoms with van der Waals surface area (Å²) < 4.78 is 28.0. The van der Waals surface area contributed by atoms with E-state index in [2.05, 4.69) is 0 Å². The van der Waals surface area contributed by atoms with Gasteiger partial charge in [-0.05, 0) is 49.7 Å². The maximum Gasteiger partial charge on any atom is 0.290 e. The Morgan fingerprint density at radius 3 is 2.45 bits per heavy atom. The molecule has 10 heteroatoms. The number of amides is 3. The molecule has 3 rings (SSSR count). The number of hydrogen-bond acceptors (Lipinski definition) is 6. The van der Waals surface area contributed by atoms with E-state index in [1.165, 1.54) is 41.5 Å². The van der Waals surface area contributed by atoms with Crippen molar-refractivity contribution in [2.45, 2.75) is 43.7 Å². The summed E-state index contributed by atoms with van der Waals surface area (Å²) in [5, 5.41) is 5.08. The van der Waals surface area contributed by atoms with Gasteiger partial charge in [0.05, 0.1) is 23.3 Å². The van der Waals surface area contributed by atoms with E-state index in [1.54, 1.807) is 13.0 Å². The minimum Gasteiger partial charge on any atom is -0.459 e. The van der Waals surface area contributed by atoms with Crippen LogP contribution in [-0.2, 0) is 19.6 Å². The van der Waals surface area contributed by atoms with Crippen molar-refractivity contribution >= 4 is 33.4 Å². The molecule has 0 spiro atoms. The first-order valence-electron chi connectivity index (χ1n) is 9.01. The molecule has 9 nitrogen and oxygen atoms in total. The fraction of sp³-hybridized carbons (Fsp3) is 0.316. The van der Waals surface area contributed by atoms with Gasteiger partial charge in [-0.25, -0.2) is 18.5 Å². The van der Waals surface area contributed by atoms with Gasteiger partial charge in [0.25, 0.3) is 11.8 Å². The van der Waals surface area contributed by atoms with E-state index in [1.807, 2.05) is 6.92 Å². The van der Waals surface area contributed by atoms with E-state index in [0.29, 0.717) is 6.42 Å². The lowest BCUT2D eigenvalue weighted by molar-refractivity contribution is -0.123. The normalized spacial score (nSPS) is 18.2. The van der Waals surface area contributed by atoms with Crippen molar-refractivity contribution < 1.29 is 27.2 Å². The molecular formula is C19H21N3O6S. The van der Waals surface area contributed by atoms with Crippen molar-refractivity contribution in [3.63, 3.8) is 0 Å². The fourth-order valence-corrected chi connectivity index (χ4v) is 3.78. The first-order valence-corrected chi connectivity index (χ1v) is 10.6. The predicted octanol–water partition coefficient (Wildman–Crippen LogP) is 1.50. The maximum atomic E-state index is 13.1. The van der Waals surface area contributed by atoms with Crippen LogP contribution < -0.4 is 10.0 Å². The number of nitrogens with two attached hydrogens (primary N) is 1. The number of rotatable bonds is 6. The van der Waals surface area contributed by atoms with Crippen molar-refractivity contribution in [3.05, 3.63) is 48.4 Å². The minimum absolute atomic E-state index is 0.0847. The van der Waals surface area contributed by atoms with E-state index in [9.17, 15) is 22.8 Å². The van der Waals surface area contributed by atoms with Gasteiger partial charge in [0.1, 0.15) is 6.04 Å². The van der Waals surface area contributed by atoms with Gasteiger partial charge in [-0.3, -0.25) is 14.4 Å². The second kappa shape index (κ2) is 7.80. The second-order valence-electron chi connectivity index (χ2n) is 6.77. The predicted molar refractivity (Wildman–Crippen MR) is 103 cm³/mol. The van der Waals surface area contributed by atoms with Crippen LogP contribution in [0.2, 0.25) is 0 Å². The zero-order valence-electron chi connectivity index (χ0n) is 15.9. The van der Waals surface area contributed by atoms with E-state index in [-0.39, 0.29) is 28.8 Å². The van der Waals surface area contributed by atoms with E-state index < -0.39 is 33.8 Å². The Kier molecular flexibility index (Phi) is 5.58. The van der Waals surface area contributed by atoms with Crippen molar-refractivity contribution in [1.29, 1.82) is 0 Å². The number of benzene rings is 1. The number of furan rings is 1. The summed E-state index contributed by atoms with van der Waals surface area (Å²) >= 11 is 0. The van der Waals surface area contributed by atoms with E-state index in [0.717, 1.165) is 4.90 Å². The van der Waals surface area contributed by atoms with Crippen LogP contribution >= 0.6 is 0 Å². The second-order valence-corrected chi connectivity index (χ2v) is 8.33. The SMILES string of the molecule is CCC(C)N(C(=O)c1ccco1)C1CC(=O)N(c2ccc(S(N)(=O)=O)cc2)C1=O. The molecule has 3 amide bonds. The van der Waals surface area contributed by atoms with Crippen LogP contribution in [0.15, 0.2) is 52.0 Å². The minimum atomic E-state index is -3.90. The van der Waals surface area contributed by atoms with Crippen LogP contribution in [0.1, 0.15) is 37.2 Å². The Morgan fingerprint density at radius 1 is 1.28 bits per heavy atom. The lowest BCUT2D eigenvalue weighted by Crippen LogP contribution is -2.49. The summed E-state index contributed by atoms with van der Waals surface area (Å²) in [5.41, 5.74) is 0.212. The molecule has 1 saturated heterocycles. The Balaban J connectivity index is 1.92. The third-order valence-corrected chi connectivity index (χ3v) is 5.84. The lowest BCUT2D eigenvalue weighted by Gasteiger charge is -2.32. The van der Waals surface area contributed by atoms with Gasteiger partial charge in [0.15, 0.2) is 5.76 Å². The first kappa shape index (κ1) is 20.7. The van der Waals surface area contributed by atoms with E-state index in [4.69, 9.17) is 9.56 Å². The highest BCUT2D eigenvalue weighted by Gasteiger charge is 2.46. The Bertz CT molecular complexity index is 1030. The third kappa shape index (κ3) is 3.94. The molecule has 1 fully saturated rings. The molecule has 1 aromatic heterocycles. The van der Waals surface area contributed by atoms with Crippen LogP contribution in [0.5, 0.6) is 0 Å². The maximum absolute atomic E-state index is 13.1. The number of anilines is 1. The molecule has 0 saturated carbocycles. The quantitative estimate of drug-likeness (QED) is 0.706. The molecule has 154 valence electrons. The van der Waals surface area contributed by atoms with Crippen LogP contribution in [0, 0.1) is 0 Å². The van der Waals surface area contributed by atoms with Crippen molar-refractivity contribution in [3.8, 4) is 0 Å². The summed E-state index contributed by atoms with van der Waals surface area (Å²) in [5.74, 6) is -1.43. The number of nitrogens with zero attached hydrogens (tertiary/aromatic N) is 2. The van der Waals surface area contributed by atoms with Gasteiger partial charge in [-0.15, -0.1) is 0 Å². The summed E-state index contributed by atoms with van der Waals surface area (Å²) in [7, 11) is -3.90. The highest BCUT2D eigenvalue weighted by molar-refractivity contribution is 7.89. The summed E-state index contributed by atoms with van der Waals surface area (Å²) in [6.45, 7) is 3.67. The van der Waals surface area contributed by atoms with Gasteiger partial charge in [0, 0.05) is 6.04 Å². The summed E-state index contributed by atoms with van der Waals surface area (Å²) in [4.78, 5) is 40.8. The number of imide groups is 1. The Labute approximate surface area is 168 Å². The molecular weight excluding hydrogens is 398 g/mol. The molecule has 2 aromatic rings. The largest absolute Gasteiger partial charge is 0.459 e. The number of primary sulfonamides is 1. The average Bonchev–Trinajstić information content (AvgIpc) is 3.30. The van der Waals surface area contributed by atoms with Crippen molar-refractivity contribution in [2.24, 2.45) is 5.14 Å². The highest BCUT2D eigenvalue weighted by Crippen LogP contribution is 2.29. The molecule has 0 aliphatic carbocycles. The van der Waals surface area contributed by atoms with Crippen LogP contribution in [0.4, 0.5) is 5.69 Å². The molecule has 1 aliphatic heterocycles. The average molecular weight is 419 g/mol. The Morgan fingerprint density at radius 2 is 1.93 bits per heavy atom. The number of carbonyl (C=O) groups is 3. The van der Waals surface area contributed by atoms with Gasteiger partial charge < -0.3 is 9.32 Å². The van der Waals surface area contributed by atoms with Gasteiger partial charge >= 0.3 is 0 Å². The summed E-state index contributed by atoms with van der Waals surface area (Å²) in [6.07, 6.45) is 1.77. The smallest absolute Gasteiger partial charge is 0.290 e. The zero-order chi connectivity index (χ0) is 21.3. The molecule has 2 atom stereocenters. The van der Waals surface area contributed by atoms with Gasteiger partial charge in [0.2, 0.25) is 15.9 Å². The molecule has 1 aliphatic rings. The zero-order valence-corrected chi connectivity index (χ0v) is 16.8. The molecule has 2 heterocycles. The monoisotopic (exact) mass is 419 g/mol. The van der Waals surface area contributed by atoms with Gasteiger partial charge in [-0.1, -0.05) is 6.92 Å². The first-order chi connectivity index (χ1) is 13.6. The fourth-order valence-electron chi connectivity index (χ4n) is 3.26. The lowest BCUT2D eigenvalue weighted by atomic mass is 10.1. The highest BCUT2D eigenvalue weighted by atomic mass is 32.2. The van der Waals surface area contributed by atoms with Crippen molar-refractivity contribution in [2.75, 3.05) is 4.90 Å². The standard InChI is InChI=1S/C19H21N3O6S/c1-3-12(2)21(19(25)16-5-4-10-28-16)15-11-17(23)22(18(15)24)13-6-8-14(9-7-13)29(20,26)27/h4-10,12,15H,3,11H2,1-2H3,(H2,20,26,27). The van der Waals surface area contributed by atoms with Crippen LogP contribution in [0.3, 0.4) is 0 Å². The van der Waals surface area contributed by atoms with E-state index >= 15 is 0 Å². The van der Waals surface area contributed by atoms with Crippen LogP contribution in [-0.4, -0.2) is 43.1 Å². The summed E-state index contributed by atoms with van der Waals surface area (Å²) in [6, 6.07) is 6.90. The van der Waals surface area contributed by atoms with Crippen molar-refractivity contribution in [1.82, 2.24) is 4.90 Å². The molecule has 2 N–H and O–H groups in total. The van der Waals surface area contributed by atoms with Crippen LogP contribution in [0.25, 0.3) is 0 Å². The molecule has 29 heavy (non-hydrogen) atoms. The number of sulfonamides is 1. The topological polar surface area (TPSA) is 131 Å². The number of hydrogen-bond donors (Lipinski definition) is 1. The Hall–Kier alpha value is -2.98. The number of carbonyl (C=O) groups excluding carboxylic acids is 3. The molecule has 0 radical (unpaired) electrons.